The van der Waals surface area contributed by atoms with Gasteiger partial charge in [-0.15, -0.1) is 0 Å². The van der Waals surface area contributed by atoms with E-state index in [1.54, 1.807) is 19.2 Å². The van der Waals surface area contributed by atoms with Crippen LogP contribution in [0, 0.1) is 13.8 Å². The largest absolute Gasteiger partial charge is 0.497 e. The van der Waals surface area contributed by atoms with Gasteiger partial charge < -0.3 is 14.6 Å². The van der Waals surface area contributed by atoms with Gasteiger partial charge in [0.15, 0.2) is 9.84 Å². The molecule has 3 aromatic rings. The molecule has 33 heavy (non-hydrogen) atoms. The number of carboxylic acid groups (broad SMARTS) is 1. The Bertz CT molecular complexity index is 1300. The predicted molar refractivity (Wildman–Crippen MR) is 126 cm³/mol. The average Bonchev–Trinajstić information content (AvgIpc) is 3.00. The van der Waals surface area contributed by atoms with Gasteiger partial charge in [0.05, 0.1) is 24.2 Å². The Morgan fingerprint density at radius 3 is 2.42 bits per heavy atom. The minimum atomic E-state index is -3.52. The molecular formula is C26H26O6S. The first-order chi connectivity index (χ1) is 15.7. The smallest absolute Gasteiger partial charge is 0.303 e. The monoisotopic (exact) mass is 466 g/mol. The number of hydrogen-bond acceptors (Lipinski definition) is 5. The van der Waals surface area contributed by atoms with Crippen molar-refractivity contribution in [2.45, 2.75) is 37.7 Å². The van der Waals surface area contributed by atoms with Crippen LogP contribution in [0.15, 0.2) is 59.5 Å². The van der Waals surface area contributed by atoms with E-state index in [4.69, 9.17) is 14.6 Å². The second kappa shape index (κ2) is 8.90. The number of methoxy groups -OCH3 is 1. The Kier molecular flexibility index (Phi) is 6.17. The van der Waals surface area contributed by atoms with E-state index in [0.717, 1.165) is 33.6 Å². The number of benzene rings is 3. The van der Waals surface area contributed by atoms with Gasteiger partial charge >= 0.3 is 5.97 Å². The Balaban J connectivity index is 1.55. The number of carboxylic acids is 1. The zero-order valence-corrected chi connectivity index (χ0v) is 19.6. The predicted octanol–water partition coefficient (Wildman–Crippen LogP) is 4.90. The molecule has 1 aliphatic rings. The summed E-state index contributed by atoms with van der Waals surface area (Å²) in [5, 5.41) is 9.07. The molecule has 0 aromatic heterocycles. The Morgan fingerprint density at radius 2 is 1.76 bits per heavy atom. The Labute approximate surface area is 193 Å². The van der Waals surface area contributed by atoms with Crippen molar-refractivity contribution in [1.82, 2.24) is 0 Å². The third-order valence-corrected chi connectivity index (χ3v) is 7.83. The van der Waals surface area contributed by atoms with E-state index in [0.29, 0.717) is 11.3 Å². The second-order valence-electron chi connectivity index (χ2n) is 8.40. The molecule has 0 fully saturated rings. The van der Waals surface area contributed by atoms with E-state index in [-0.39, 0.29) is 23.7 Å². The lowest BCUT2D eigenvalue weighted by Gasteiger charge is -2.14. The highest BCUT2D eigenvalue weighted by Crippen LogP contribution is 2.39. The first-order valence-corrected chi connectivity index (χ1v) is 12.3. The van der Waals surface area contributed by atoms with Crippen LogP contribution in [-0.2, 0) is 21.2 Å². The molecule has 3 aromatic carbocycles. The highest BCUT2D eigenvalue weighted by Gasteiger charge is 2.36. The SMILES string of the molecule is COc1cc(C)c(-c2cccc(COc3ccc4c(c3)S(=O)(=O)CC4CC(=O)O)c2)c(C)c1. The average molecular weight is 467 g/mol. The summed E-state index contributed by atoms with van der Waals surface area (Å²) in [4.78, 5) is 11.3. The van der Waals surface area contributed by atoms with Gasteiger partial charge in [-0.25, -0.2) is 8.42 Å². The van der Waals surface area contributed by atoms with Crippen LogP contribution in [-0.4, -0.2) is 32.4 Å². The number of sulfone groups is 1. The summed E-state index contributed by atoms with van der Waals surface area (Å²) in [5.41, 5.74) is 5.95. The van der Waals surface area contributed by atoms with Gasteiger partial charge in [0.2, 0.25) is 0 Å². The Morgan fingerprint density at radius 1 is 1.03 bits per heavy atom. The minimum Gasteiger partial charge on any atom is -0.497 e. The summed E-state index contributed by atoms with van der Waals surface area (Å²) >= 11 is 0. The summed E-state index contributed by atoms with van der Waals surface area (Å²) in [5.74, 6) is -0.448. The maximum Gasteiger partial charge on any atom is 0.303 e. The number of rotatable bonds is 7. The zero-order chi connectivity index (χ0) is 23.8. The molecule has 7 heteroatoms. The summed E-state index contributed by atoms with van der Waals surface area (Å²) in [6, 6.07) is 17.0. The van der Waals surface area contributed by atoms with Crippen LogP contribution in [0.1, 0.15) is 34.6 Å². The normalized spacial score (nSPS) is 16.3. The van der Waals surface area contributed by atoms with Crippen molar-refractivity contribution in [1.29, 1.82) is 0 Å². The van der Waals surface area contributed by atoms with Crippen molar-refractivity contribution in [2.75, 3.05) is 12.9 Å². The molecule has 0 radical (unpaired) electrons. The molecule has 1 N–H and O–H groups in total. The summed E-state index contributed by atoms with van der Waals surface area (Å²) in [7, 11) is -1.86. The van der Waals surface area contributed by atoms with Crippen LogP contribution < -0.4 is 9.47 Å². The molecule has 6 nitrogen and oxygen atoms in total. The van der Waals surface area contributed by atoms with Crippen molar-refractivity contribution in [2.24, 2.45) is 0 Å². The number of ether oxygens (including phenoxy) is 2. The van der Waals surface area contributed by atoms with E-state index in [1.165, 1.54) is 6.07 Å². The summed E-state index contributed by atoms with van der Waals surface area (Å²) in [6.07, 6.45) is -0.205. The molecule has 0 aliphatic carbocycles. The third-order valence-electron chi connectivity index (χ3n) is 5.96. The molecule has 1 unspecified atom stereocenters. The minimum absolute atomic E-state index is 0.171. The van der Waals surface area contributed by atoms with Gasteiger partial charge in [-0.3, -0.25) is 4.79 Å². The van der Waals surface area contributed by atoms with Crippen LogP contribution in [0.4, 0.5) is 0 Å². The van der Waals surface area contributed by atoms with Crippen molar-refractivity contribution in [3.8, 4) is 22.6 Å². The molecule has 0 amide bonds. The van der Waals surface area contributed by atoms with E-state index < -0.39 is 21.7 Å². The van der Waals surface area contributed by atoms with Gasteiger partial charge in [0.1, 0.15) is 18.1 Å². The maximum atomic E-state index is 12.5. The third kappa shape index (κ3) is 4.73. The standard InChI is InChI=1S/C26H26O6S/c1-16-9-22(31-3)10-17(2)26(16)19-6-4-5-18(11-19)14-32-21-7-8-23-20(12-25(27)28)15-33(29,30)24(23)13-21/h4-11,13,20H,12,14-15H2,1-3H3,(H,27,28). The van der Waals surface area contributed by atoms with E-state index in [2.05, 4.69) is 26.0 Å². The highest BCUT2D eigenvalue weighted by molar-refractivity contribution is 7.91. The molecule has 1 aliphatic heterocycles. The molecule has 0 spiro atoms. The number of fused-ring (bicyclic) bond motifs is 1. The van der Waals surface area contributed by atoms with Gasteiger partial charge in [-0.05, 0) is 77.6 Å². The molecule has 0 saturated carbocycles. The lowest BCUT2D eigenvalue weighted by atomic mass is 9.94. The molecular weight excluding hydrogens is 440 g/mol. The second-order valence-corrected chi connectivity index (χ2v) is 10.4. The number of aliphatic carboxylic acids is 1. The summed E-state index contributed by atoms with van der Waals surface area (Å²) < 4.78 is 36.3. The van der Waals surface area contributed by atoms with E-state index in [9.17, 15) is 13.2 Å². The first kappa shape index (κ1) is 22.9. The topological polar surface area (TPSA) is 89.9 Å². The maximum absolute atomic E-state index is 12.5. The first-order valence-electron chi connectivity index (χ1n) is 10.6. The van der Waals surface area contributed by atoms with Gasteiger partial charge in [0.25, 0.3) is 0 Å². The van der Waals surface area contributed by atoms with Crippen molar-refractivity contribution >= 4 is 15.8 Å². The quantitative estimate of drug-likeness (QED) is 0.533. The Hall–Kier alpha value is -3.32. The van der Waals surface area contributed by atoms with Crippen LogP contribution in [0.3, 0.4) is 0 Å². The molecule has 172 valence electrons. The van der Waals surface area contributed by atoms with Crippen LogP contribution in [0.25, 0.3) is 11.1 Å². The lowest BCUT2D eigenvalue weighted by molar-refractivity contribution is -0.137. The highest BCUT2D eigenvalue weighted by atomic mass is 32.2. The molecule has 0 saturated heterocycles. The molecule has 1 atom stereocenters. The molecule has 1 heterocycles. The molecule has 0 bridgehead atoms. The number of aryl methyl sites for hydroxylation is 2. The fraction of sp³-hybridized carbons (Fsp3) is 0.269. The fourth-order valence-electron chi connectivity index (χ4n) is 4.52. The van der Waals surface area contributed by atoms with Crippen molar-refractivity contribution < 1.29 is 27.8 Å². The van der Waals surface area contributed by atoms with Crippen LogP contribution in [0.2, 0.25) is 0 Å². The van der Waals surface area contributed by atoms with Crippen molar-refractivity contribution in [3.63, 3.8) is 0 Å². The van der Waals surface area contributed by atoms with Crippen LogP contribution >= 0.6 is 0 Å². The number of hydrogen-bond donors (Lipinski definition) is 1. The lowest BCUT2D eigenvalue weighted by Crippen LogP contribution is -2.08. The summed E-state index contributed by atoms with van der Waals surface area (Å²) in [6.45, 7) is 4.38. The zero-order valence-electron chi connectivity index (χ0n) is 18.8. The van der Waals surface area contributed by atoms with E-state index >= 15 is 0 Å². The van der Waals surface area contributed by atoms with Crippen LogP contribution in [0.5, 0.6) is 11.5 Å². The van der Waals surface area contributed by atoms with Gasteiger partial charge in [-0.2, -0.15) is 0 Å². The fourth-order valence-corrected chi connectivity index (χ4v) is 6.41. The molecule has 4 rings (SSSR count). The number of carbonyl (C=O) groups is 1. The van der Waals surface area contributed by atoms with E-state index in [1.807, 2.05) is 24.3 Å². The van der Waals surface area contributed by atoms with Gasteiger partial charge in [-0.1, -0.05) is 24.3 Å². The van der Waals surface area contributed by atoms with Crippen molar-refractivity contribution in [3.05, 3.63) is 76.9 Å². The van der Waals surface area contributed by atoms with Gasteiger partial charge in [0, 0.05) is 5.92 Å².